The van der Waals surface area contributed by atoms with Crippen molar-refractivity contribution in [2.24, 2.45) is 5.84 Å². The van der Waals surface area contributed by atoms with Crippen molar-refractivity contribution >= 4 is 11.6 Å². The molecule has 0 aromatic heterocycles. The van der Waals surface area contributed by atoms with Gasteiger partial charge in [-0.1, -0.05) is 23.7 Å². The zero-order chi connectivity index (χ0) is 9.14. The normalized spacial score (nSPS) is 13.0. The molecule has 0 spiro atoms. The monoisotopic (exact) mass is 184 g/mol. The van der Waals surface area contributed by atoms with Crippen LogP contribution in [0, 0.1) is 6.92 Å². The van der Waals surface area contributed by atoms with Crippen molar-refractivity contribution in [2.75, 3.05) is 0 Å². The second-order valence-corrected chi connectivity index (χ2v) is 3.30. The lowest BCUT2D eigenvalue weighted by Gasteiger charge is -2.11. The second-order valence-electron chi connectivity index (χ2n) is 2.90. The Morgan fingerprint density at radius 2 is 2.17 bits per heavy atom. The lowest BCUT2D eigenvalue weighted by Crippen LogP contribution is -2.25. The predicted molar refractivity (Wildman–Crippen MR) is 51.9 cm³/mol. The molecule has 0 bridgehead atoms. The largest absolute Gasteiger partial charge is 0.271 e. The summed E-state index contributed by atoms with van der Waals surface area (Å²) in [5, 5.41) is 0.794. The zero-order valence-corrected chi connectivity index (χ0v) is 8.02. The number of hydrazine groups is 1. The van der Waals surface area contributed by atoms with Crippen molar-refractivity contribution in [3.63, 3.8) is 0 Å². The second kappa shape index (κ2) is 3.90. The third kappa shape index (κ3) is 1.97. The molecule has 12 heavy (non-hydrogen) atoms. The van der Waals surface area contributed by atoms with E-state index >= 15 is 0 Å². The molecule has 0 aliphatic heterocycles. The Kier molecular flexibility index (Phi) is 3.09. The Hall–Kier alpha value is -0.570. The quantitative estimate of drug-likeness (QED) is 0.546. The van der Waals surface area contributed by atoms with Gasteiger partial charge in [0.05, 0.1) is 0 Å². The van der Waals surface area contributed by atoms with E-state index in [9.17, 15) is 0 Å². The third-order valence-corrected chi connectivity index (χ3v) is 2.36. The van der Waals surface area contributed by atoms with Crippen LogP contribution in [0.15, 0.2) is 18.2 Å². The van der Waals surface area contributed by atoms with Crippen LogP contribution in [0.2, 0.25) is 5.02 Å². The Bertz CT molecular complexity index is 273. The first kappa shape index (κ1) is 9.52. The molecule has 2 nitrogen and oxygen atoms in total. The maximum Gasteiger partial charge on any atom is 0.0435 e. The van der Waals surface area contributed by atoms with Gasteiger partial charge in [-0.3, -0.25) is 11.3 Å². The molecule has 1 atom stereocenters. The molecule has 3 N–H and O–H groups in total. The molecule has 0 aliphatic carbocycles. The van der Waals surface area contributed by atoms with Crippen LogP contribution < -0.4 is 11.3 Å². The minimum atomic E-state index is 0.168. The summed E-state index contributed by atoms with van der Waals surface area (Å²) in [6, 6.07) is 6.06. The van der Waals surface area contributed by atoms with Crippen LogP contribution in [0.1, 0.15) is 24.1 Å². The topological polar surface area (TPSA) is 38.0 Å². The first-order valence-electron chi connectivity index (χ1n) is 3.87. The maximum atomic E-state index is 5.88. The molecule has 1 aromatic rings. The summed E-state index contributed by atoms with van der Waals surface area (Å²) < 4.78 is 0. The SMILES string of the molecule is Cc1cc([C@@H](C)NN)ccc1Cl. The van der Waals surface area contributed by atoms with Crippen LogP contribution in [0.3, 0.4) is 0 Å². The van der Waals surface area contributed by atoms with Gasteiger partial charge in [0.1, 0.15) is 0 Å². The van der Waals surface area contributed by atoms with Crippen LogP contribution >= 0.6 is 11.6 Å². The molecule has 3 heteroatoms. The maximum absolute atomic E-state index is 5.88. The average Bonchev–Trinajstić information content (AvgIpc) is 2.08. The van der Waals surface area contributed by atoms with E-state index < -0.39 is 0 Å². The van der Waals surface area contributed by atoms with Crippen LogP contribution in [0.25, 0.3) is 0 Å². The molecule has 0 saturated carbocycles. The molecular weight excluding hydrogens is 172 g/mol. The summed E-state index contributed by atoms with van der Waals surface area (Å²) in [5.41, 5.74) is 4.92. The van der Waals surface area contributed by atoms with Gasteiger partial charge < -0.3 is 0 Å². The highest BCUT2D eigenvalue weighted by Crippen LogP contribution is 2.19. The molecule has 0 fully saturated rings. The minimum Gasteiger partial charge on any atom is -0.271 e. The standard InChI is InChI=1S/C9H13ClN2/c1-6-5-8(7(2)12-11)3-4-9(6)10/h3-5,7,12H,11H2,1-2H3/t7-/m1/s1. The Labute approximate surface area is 77.7 Å². The Morgan fingerprint density at radius 3 is 2.67 bits per heavy atom. The summed E-state index contributed by atoms with van der Waals surface area (Å²) >= 11 is 5.88. The number of hydrogen-bond acceptors (Lipinski definition) is 2. The van der Waals surface area contributed by atoms with E-state index in [1.54, 1.807) is 0 Å². The number of aryl methyl sites for hydroxylation is 1. The van der Waals surface area contributed by atoms with E-state index in [0.29, 0.717) is 0 Å². The number of benzene rings is 1. The van der Waals surface area contributed by atoms with Gasteiger partial charge in [-0.2, -0.15) is 0 Å². The molecule has 1 aromatic carbocycles. The number of halogens is 1. The van der Waals surface area contributed by atoms with Gasteiger partial charge in [0.2, 0.25) is 0 Å². The van der Waals surface area contributed by atoms with Crippen LogP contribution in [-0.4, -0.2) is 0 Å². The summed E-state index contributed by atoms with van der Waals surface area (Å²) in [5.74, 6) is 5.31. The fraction of sp³-hybridized carbons (Fsp3) is 0.333. The molecular formula is C9H13ClN2. The van der Waals surface area contributed by atoms with Crippen molar-refractivity contribution in [2.45, 2.75) is 19.9 Å². The lowest BCUT2D eigenvalue weighted by molar-refractivity contribution is 0.602. The summed E-state index contributed by atoms with van der Waals surface area (Å²) in [6.45, 7) is 3.98. The van der Waals surface area contributed by atoms with E-state index in [4.69, 9.17) is 17.4 Å². The van der Waals surface area contributed by atoms with Crippen molar-refractivity contribution in [1.29, 1.82) is 0 Å². The lowest BCUT2D eigenvalue weighted by atomic mass is 10.1. The third-order valence-electron chi connectivity index (χ3n) is 1.93. The molecule has 0 radical (unpaired) electrons. The van der Waals surface area contributed by atoms with Gasteiger partial charge in [-0.05, 0) is 31.0 Å². The van der Waals surface area contributed by atoms with Gasteiger partial charge in [-0.25, -0.2) is 0 Å². The summed E-state index contributed by atoms with van der Waals surface area (Å²) in [4.78, 5) is 0. The van der Waals surface area contributed by atoms with Crippen LogP contribution in [0.5, 0.6) is 0 Å². The van der Waals surface area contributed by atoms with Gasteiger partial charge in [-0.15, -0.1) is 0 Å². The van der Waals surface area contributed by atoms with Crippen LogP contribution in [-0.2, 0) is 0 Å². The first-order chi connectivity index (χ1) is 5.65. The Morgan fingerprint density at radius 1 is 1.50 bits per heavy atom. The molecule has 66 valence electrons. The van der Waals surface area contributed by atoms with Crippen molar-refractivity contribution in [3.8, 4) is 0 Å². The highest BCUT2D eigenvalue weighted by molar-refractivity contribution is 6.31. The Balaban J connectivity index is 2.96. The molecule has 0 aliphatic rings. The van der Waals surface area contributed by atoms with E-state index in [-0.39, 0.29) is 6.04 Å². The molecule has 0 amide bonds. The van der Waals surface area contributed by atoms with Gasteiger partial charge in [0.25, 0.3) is 0 Å². The van der Waals surface area contributed by atoms with Crippen molar-refractivity contribution in [1.82, 2.24) is 5.43 Å². The molecule has 0 unspecified atom stereocenters. The van der Waals surface area contributed by atoms with Gasteiger partial charge in [0, 0.05) is 11.1 Å². The van der Waals surface area contributed by atoms with E-state index in [2.05, 4.69) is 5.43 Å². The summed E-state index contributed by atoms with van der Waals surface area (Å²) in [6.07, 6.45) is 0. The van der Waals surface area contributed by atoms with E-state index in [0.717, 1.165) is 16.1 Å². The van der Waals surface area contributed by atoms with Crippen LogP contribution in [0.4, 0.5) is 0 Å². The molecule has 0 heterocycles. The fourth-order valence-electron chi connectivity index (χ4n) is 1.03. The zero-order valence-electron chi connectivity index (χ0n) is 7.26. The molecule has 0 saturated heterocycles. The van der Waals surface area contributed by atoms with Gasteiger partial charge in [0.15, 0.2) is 0 Å². The number of nitrogens with one attached hydrogen (secondary N) is 1. The number of rotatable bonds is 2. The first-order valence-corrected chi connectivity index (χ1v) is 4.25. The summed E-state index contributed by atoms with van der Waals surface area (Å²) in [7, 11) is 0. The molecule has 1 rings (SSSR count). The van der Waals surface area contributed by atoms with Crippen molar-refractivity contribution in [3.05, 3.63) is 34.3 Å². The highest BCUT2D eigenvalue weighted by atomic mass is 35.5. The predicted octanol–water partition coefficient (Wildman–Crippen LogP) is 2.17. The minimum absolute atomic E-state index is 0.168. The fourth-order valence-corrected chi connectivity index (χ4v) is 1.15. The number of nitrogens with two attached hydrogens (primary N) is 1. The smallest absolute Gasteiger partial charge is 0.0435 e. The van der Waals surface area contributed by atoms with E-state index in [1.807, 2.05) is 32.0 Å². The van der Waals surface area contributed by atoms with Gasteiger partial charge >= 0.3 is 0 Å². The number of hydrogen-bond donors (Lipinski definition) is 2. The average molecular weight is 185 g/mol. The highest BCUT2D eigenvalue weighted by Gasteiger charge is 2.03. The van der Waals surface area contributed by atoms with E-state index in [1.165, 1.54) is 0 Å². The van der Waals surface area contributed by atoms with Crippen molar-refractivity contribution < 1.29 is 0 Å².